The zero-order valence-corrected chi connectivity index (χ0v) is 12.8. The molecule has 2 rings (SSSR count). The van der Waals surface area contributed by atoms with E-state index in [1.807, 2.05) is 19.9 Å². The molecule has 0 saturated carbocycles. The third-order valence-corrected chi connectivity index (χ3v) is 3.54. The summed E-state index contributed by atoms with van der Waals surface area (Å²) in [6.07, 6.45) is -0.777. The highest BCUT2D eigenvalue weighted by Gasteiger charge is 2.36. The fourth-order valence-electron chi connectivity index (χ4n) is 2.15. The van der Waals surface area contributed by atoms with Crippen molar-refractivity contribution in [1.82, 2.24) is 10.6 Å². The molecule has 114 valence electrons. The molecule has 0 radical (unpaired) electrons. The lowest BCUT2D eigenvalue weighted by atomic mass is 9.99. The fraction of sp³-hybridized carbons (Fsp3) is 0.467. The number of morpholine rings is 1. The maximum Gasteiger partial charge on any atom is 0.251 e. The molecule has 0 bridgehead atoms. The molecule has 0 aliphatic carbocycles. The molecule has 6 heteroatoms. The van der Waals surface area contributed by atoms with Crippen LogP contribution in [0.5, 0.6) is 0 Å². The first-order valence-corrected chi connectivity index (χ1v) is 7.30. The first-order valence-electron chi connectivity index (χ1n) is 6.92. The van der Waals surface area contributed by atoms with Crippen LogP contribution in [-0.4, -0.2) is 31.1 Å². The summed E-state index contributed by atoms with van der Waals surface area (Å²) in [4.78, 5) is 23.9. The number of carbonyl (C=O) groups excluding carboxylic acids is 2. The lowest BCUT2D eigenvalue weighted by molar-refractivity contribution is -0.148. The summed E-state index contributed by atoms with van der Waals surface area (Å²) >= 11 is 6.16. The number of hydrogen-bond donors (Lipinski definition) is 2. The van der Waals surface area contributed by atoms with Crippen molar-refractivity contribution in [2.45, 2.75) is 26.0 Å². The van der Waals surface area contributed by atoms with Crippen LogP contribution in [0.3, 0.4) is 0 Å². The topological polar surface area (TPSA) is 67.4 Å². The van der Waals surface area contributed by atoms with Crippen molar-refractivity contribution < 1.29 is 14.3 Å². The smallest absolute Gasteiger partial charge is 0.251 e. The van der Waals surface area contributed by atoms with Gasteiger partial charge < -0.3 is 15.4 Å². The summed E-state index contributed by atoms with van der Waals surface area (Å²) in [6, 6.07) is 6.54. The maximum atomic E-state index is 12.3. The lowest BCUT2D eigenvalue weighted by Crippen LogP contribution is -2.52. The van der Waals surface area contributed by atoms with Crippen molar-refractivity contribution in [3.8, 4) is 0 Å². The number of rotatable bonds is 4. The third kappa shape index (κ3) is 3.95. The van der Waals surface area contributed by atoms with Crippen molar-refractivity contribution in [3.05, 3.63) is 34.9 Å². The molecule has 2 N–H and O–H groups in total. The molecule has 1 fully saturated rings. The lowest BCUT2D eigenvalue weighted by Gasteiger charge is -2.32. The Morgan fingerprint density at radius 1 is 1.48 bits per heavy atom. The monoisotopic (exact) mass is 310 g/mol. The summed E-state index contributed by atoms with van der Waals surface area (Å²) < 4.78 is 5.42. The van der Waals surface area contributed by atoms with Gasteiger partial charge >= 0.3 is 0 Å². The Balaban J connectivity index is 2.19. The van der Waals surface area contributed by atoms with E-state index in [1.54, 1.807) is 18.2 Å². The van der Waals surface area contributed by atoms with Gasteiger partial charge in [0.25, 0.3) is 5.91 Å². The third-order valence-electron chi connectivity index (χ3n) is 3.20. The van der Waals surface area contributed by atoms with Crippen molar-refractivity contribution >= 4 is 23.4 Å². The van der Waals surface area contributed by atoms with Crippen molar-refractivity contribution in [3.63, 3.8) is 0 Å². The van der Waals surface area contributed by atoms with E-state index in [-0.39, 0.29) is 18.4 Å². The minimum absolute atomic E-state index is 0.124. The number of amides is 2. The van der Waals surface area contributed by atoms with E-state index in [0.717, 1.165) is 0 Å². The van der Waals surface area contributed by atoms with E-state index >= 15 is 0 Å². The first-order chi connectivity index (χ1) is 9.99. The molecule has 1 aromatic carbocycles. The van der Waals surface area contributed by atoms with Gasteiger partial charge in [-0.3, -0.25) is 9.59 Å². The molecule has 0 aromatic heterocycles. The summed E-state index contributed by atoms with van der Waals surface area (Å²) in [7, 11) is 0. The summed E-state index contributed by atoms with van der Waals surface area (Å²) in [5.74, 6) is -0.160. The van der Waals surface area contributed by atoms with Crippen LogP contribution < -0.4 is 10.6 Å². The highest BCUT2D eigenvalue weighted by molar-refractivity contribution is 6.31. The van der Waals surface area contributed by atoms with Gasteiger partial charge in [0, 0.05) is 11.6 Å². The van der Waals surface area contributed by atoms with Crippen LogP contribution in [0.1, 0.15) is 25.5 Å². The molecule has 0 spiro atoms. The molecule has 2 atom stereocenters. The number of carbonyl (C=O) groups is 2. The average Bonchev–Trinajstić information content (AvgIpc) is 2.45. The SMILES string of the molecule is CC(C)CNC(=O)[C@H]1OCC(=O)N[C@@H]1c1ccccc1Cl. The van der Waals surface area contributed by atoms with Gasteiger partial charge in [-0.2, -0.15) is 0 Å². The Bertz CT molecular complexity index is 533. The number of benzene rings is 1. The van der Waals surface area contributed by atoms with E-state index < -0.39 is 12.1 Å². The predicted octanol–water partition coefficient (Wildman–Crippen LogP) is 1.67. The number of hydrogen-bond acceptors (Lipinski definition) is 3. The van der Waals surface area contributed by atoms with Gasteiger partial charge in [-0.1, -0.05) is 43.6 Å². The molecule has 5 nitrogen and oxygen atoms in total. The zero-order valence-electron chi connectivity index (χ0n) is 12.1. The van der Waals surface area contributed by atoms with E-state index in [1.165, 1.54) is 0 Å². The molecule has 2 amide bonds. The van der Waals surface area contributed by atoms with Crippen LogP contribution in [-0.2, 0) is 14.3 Å². The summed E-state index contributed by atoms with van der Waals surface area (Å²) in [5, 5.41) is 6.11. The number of halogens is 1. The summed E-state index contributed by atoms with van der Waals surface area (Å²) in [6.45, 7) is 4.45. The van der Waals surface area contributed by atoms with Gasteiger partial charge in [0.15, 0.2) is 6.10 Å². The Hall–Kier alpha value is -1.59. The second kappa shape index (κ2) is 6.91. The van der Waals surface area contributed by atoms with Crippen molar-refractivity contribution in [1.29, 1.82) is 0 Å². The molecule has 0 unspecified atom stereocenters. The predicted molar refractivity (Wildman–Crippen MR) is 79.9 cm³/mol. The quantitative estimate of drug-likeness (QED) is 0.889. The molecule has 1 heterocycles. The van der Waals surface area contributed by atoms with Gasteiger partial charge in [-0.25, -0.2) is 0 Å². The van der Waals surface area contributed by atoms with E-state index in [4.69, 9.17) is 16.3 Å². The van der Waals surface area contributed by atoms with Crippen LogP contribution >= 0.6 is 11.6 Å². The second-order valence-corrected chi connectivity index (χ2v) is 5.84. The Kier molecular flexibility index (Phi) is 5.20. The van der Waals surface area contributed by atoms with Crippen LogP contribution in [0, 0.1) is 5.92 Å². The minimum Gasteiger partial charge on any atom is -0.356 e. The van der Waals surface area contributed by atoms with Gasteiger partial charge in [0.05, 0.1) is 6.04 Å². The number of ether oxygens (including phenoxy) is 1. The van der Waals surface area contributed by atoms with E-state index in [0.29, 0.717) is 23.0 Å². The zero-order chi connectivity index (χ0) is 15.4. The van der Waals surface area contributed by atoms with Gasteiger partial charge in [0.1, 0.15) is 6.61 Å². The van der Waals surface area contributed by atoms with Gasteiger partial charge in [-0.15, -0.1) is 0 Å². The van der Waals surface area contributed by atoms with Crippen LogP contribution in [0.2, 0.25) is 5.02 Å². The maximum absolute atomic E-state index is 12.3. The average molecular weight is 311 g/mol. The minimum atomic E-state index is -0.777. The molecular formula is C15H19ClN2O3. The first kappa shape index (κ1) is 15.8. The fourth-order valence-corrected chi connectivity index (χ4v) is 2.41. The molecule has 1 aliphatic heterocycles. The van der Waals surface area contributed by atoms with Crippen molar-refractivity contribution in [2.75, 3.05) is 13.2 Å². The van der Waals surface area contributed by atoms with Gasteiger partial charge in [0.2, 0.25) is 5.91 Å². The van der Waals surface area contributed by atoms with Crippen LogP contribution in [0.15, 0.2) is 24.3 Å². The molecule has 1 saturated heterocycles. The Morgan fingerprint density at radius 3 is 2.86 bits per heavy atom. The standard InChI is InChI=1S/C15H19ClN2O3/c1-9(2)7-17-15(20)14-13(18-12(19)8-21-14)10-5-3-4-6-11(10)16/h3-6,9,13-14H,7-8H2,1-2H3,(H,17,20)(H,18,19)/t13-,14+/m1/s1. The van der Waals surface area contributed by atoms with E-state index in [9.17, 15) is 9.59 Å². The second-order valence-electron chi connectivity index (χ2n) is 5.44. The Morgan fingerprint density at radius 2 is 2.19 bits per heavy atom. The molecule has 1 aromatic rings. The summed E-state index contributed by atoms with van der Waals surface area (Å²) in [5.41, 5.74) is 0.678. The van der Waals surface area contributed by atoms with Crippen molar-refractivity contribution in [2.24, 2.45) is 5.92 Å². The van der Waals surface area contributed by atoms with E-state index in [2.05, 4.69) is 10.6 Å². The van der Waals surface area contributed by atoms with Crippen LogP contribution in [0.25, 0.3) is 0 Å². The van der Waals surface area contributed by atoms with Crippen LogP contribution in [0.4, 0.5) is 0 Å². The molecule has 21 heavy (non-hydrogen) atoms. The highest BCUT2D eigenvalue weighted by Crippen LogP contribution is 2.28. The molecular weight excluding hydrogens is 292 g/mol. The molecule has 1 aliphatic rings. The normalized spacial score (nSPS) is 22.0. The highest BCUT2D eigenvalue weighted by atomic mass is 35.5. The largest absolute Gasteiger partial charge is 0.356 e. The van der Waals surface area contributed by atoms with Gasteiger partial charge in [-0.05, 0) is 17.5 Å². The Labute approximate surface area is 129 Å². The number of nitrogens with one attached hydrogen (secondary N) is 2.